The molecule has 0 saturated carbocycles. The number of alkyl halides is 3. The van der Waals surface area contributed by atoms with Gasteiger partial charge in [-0.1, -0.05) is 0 Å². The summed E-state index contributed by atoms with van der Waals surface area (Å²) in [5.41, 5.74) is -2.68. The minimum absolute atomic E-state index is 0.183. The molecule has 1 atom stereocenters. The van der Waals surface area contributed by atoms with Gasteiger partial charge in [-0.25, -0.2) is 4.39 Å². The van der Waals surface area contributed by atoms with Crippen LogP contribution in [0.25, 0.3) is 0 Å². The summed E-state index contributed by atoms with van der Waals surface area (Å²) in [4.78, 5) is 0. The highest BCUT2D eigenvalue weighted by atomic mass is 19.4. The number of aliphatic hydroxyl groups excluding tert-OH is 1. The Morgan fingerprint density at radius 2 is 1.86 bits per heavy atom. The zero-order chi connectivity index (χ0) is 15.7. The molecule has 0 bridgehead atoms. The Balaban J connectivity index is 2.41. The zero-order valence-corrected chi connectivity index (χ0v) is 11.0. The zero-order valence-electron chi connectivity index (χ0n) is 11.0. The van der Waals surface area contributed by atoms with Crippen LogP contribution in [0.1, 0.15) is 30.1 Å². The molecule has 1 saturated heterocycles. The van der Waals surface area contributed by atoms with Crippen molar-refractivity contribution < 1.29 is 27.4 Å². The average molecular weight is 303 g/mol. The highest BCUT2D eigenvalue weighted by Crippen LogP contribution is 2.43. The van der Waals surface area contributed by atoms with Crippen LogP contribution in [-0.2, 0) is 10.9 Å². The van der Waals surface area contributed by atoms with Gasteiger partial charge in [0, 0.05) is 13.2 Å². The van der Waals surface area contributed by atoms with Crippen molar-refractivity contribution in [3.05, 3.63) is 35.1 Å². The molecule has 0 radical (unpaired) electrons. The lowest BCUT2D eigenvalue weighted by Crippen LogP contribution is -2.34. The molecule has 1 N–H and O–H groups in total. The number of ether oxygens (including phenoxy) is 1. The third-order valence-corrected chi connectivity index (χ3v) is 3.69. The van der Waals surface area contributed by atoms with Gasteiger partial charge in [-0.05, 0) is 36.6 Å². The van der Waals surface area contributed by atoms with Crippen LogP contribution in [0.5, 0.6) is 0 Å². The van der Waals surface area contributed by atoms with E-state index in [1.165, 1.54) is 0 Å². The van der Waals surface area contributed by atoms with Crippen LogP contribution in [0.3, 0.4) is 0 Å². The van der Waals surface area contributed by atoms with E-state index in [0.717, 1.165) is 6.07 Å². The molecule has 21 heavy (non-hydrogen) atoms. The van der Waals surface area contributed by atoms with Gasteiger partial charge in [-0.15, -0.1) is 0 Å². The van der Waals surface area contributed by atoms with Gasteiger partial charge in [0.1, 0.15) is 5.82 Å². The monoisotopic (exact) mass is 303 g/mol. The smallest absolute Gasteiger partial charge is 0.387 e. The summed E-state index contributed by atoms with van der Waals surface area (Å²) in [5, 5.41) is 19.6. The molecule has 7 heteroatoms. The molecule has 1 fully saturated rings. The van der Waals surface area contributed by atoms with Gasteiger partial charge in [0.2, 0.25) is 0 Å². The second-order valence-corrected chi connectivity index (χ2v) is 5.05. The second kappa shape index (κ2) is 5.62. The van der Waals surface area contributed by atoms with E-state index in [-0.39, 0.29) is 31.6 Å². The standard InChI is InChI=1S/C14H13F4NO2/c15-11-6-9(5-10(7-11)14(16,17)18)12(20)13(8-19)1-3-21-4-2-13/h5-7,12,20H,1-4H2. The number of nitrogens with zero attached hydrogens (tertiary/aromatic N) is 1. The van der Waals surface area contributed by atoms with Gasteiger partial charge < -0.3 is 9.84 Å². The van der Waals surface area contributed by atoms with Crippen molar-refractivity contribution in [3.8, 4) is 6.07 Å². The van der Waals surface area contributed by atoms with Crippen molar-refractivity contribution in [2.45, 2.75) is 25.1 Å². The van der Waals surface area contributed by atoms with Gasteiger partial charge in [-0.2, -0.15) is 18.4 Å². The van der Waals surface area contributed by atoms with Crippen LogP contribution in [0.15, 0.2) is 18.2 Å². The molecular weight excluding hydrogens is 290 g/mol. The Morgan fingerprint density at radius 3 is 2.38 bits per heavy atom. The fraction of sp³-hybridized carbons (Fsp3) is 0.500. The van der Waals surface area contributed by atoms with E-state index in [2.05, 4.69) is 0 Å². The summed E-state index contributed by atoms with van der Waals surface area (Å²) in [5.74, 6) is -1.10. The van der Waals surface area contributed by atoms with Crippen molar-refractivity contribution in [1.29, 1.82) is 5.26 Å². The van der Waals surface area contributed by atoms with E-state index < -0.39 is 29.1 Å². The van der Waals surface area contributed by atoms with Gasteiger partial charge in [0.25, 0.3) is 0 Å². The number of benzene rings is 1. The Hall–Kier alpha value is -1.65. The van der Waals surface area contributed by atoms with E-state index in [4.69, 9.17) is 4.74 Å². The number of halogens is 4. The van der Waals surface area contributed by atoms with Crippen molar-refractivity contribution in [2.24, 2.45) is 5.41 Å². The molecule has 2 rings (SSSR count). The minimum atomic E-state index is -4.72. The molecule has 1 aliphatic heterocycles. The molecule has 0 amide bonds. The van der Waals surface area contributed by atoms with E-state index in [1.807, 2.05) is 6.07 Å². The molecule has 0 spiro atoms. The number of aliphatic hydroxyl groups is 1. The van der Waals surface area contributed by atoms with E-state index in [9.17, 15) is 27.9 Å². The highest BCUT2D eigenvalue weighted by molar-refractivity contribution is 5.31. The van der Waals surface area contributed by atoms with Crippen LogP contribution >= 0.6 is 0 Å². The maximum atomic E-state index is 13.4. The molecule has 3 nitrogen and oxygen atoms in total. The summed E-state index contributed by atoms with van der Waals surface area (Å²) in [6.45, 7) is 0.456. The molecule has 1 aromatic rings. The Morgan fingerprint density at radius 1 is 1.24 bits per heavy atom. The Kier molecular flexibility index (Phi) is 4.21. The highest BCUT2D eigenvalue weighted by Gasteiger charge is 2.42. The number of hydrogen-bond acceptors (Lipinski definition) is 3. The summed E-state index contributed by atoms with van der Waals surface area (Å²) in [6.07, 6.45) is -5.85. The lowest BCUT2D eigenvalue weighted by atomic mass is 9.74. The van der Waals surface area contributed by atoms with Crippen molar-refractivity contribution in [1.82, 2.24) is 0 Å². The summed E-state index contributed by atoms with van der Waals surface area (Å²) >= 11 is 0. The maximum Gasteiger partial charge on any atom is 0.416 e. The van der Waals surface area contributed by atoms with Crippen LogP contribution in [0.2, 0.25) is 0 Å². The molecular formula is C14H13F4NO2. The first-order valence-corrected chi connectivity index (χ1v) is 6.33. The second-order valence-electron chi connectivity index (χ2n) is 5.05. The van der Waals surface area contributed by atoms with Crippen molar-refractivity contribution in [3.63, 3.8) is 0 Å². The third-order valence-electron chi connectivity index (χ3n) is 3.69. The fourth-order valence-electron chi connectivity index (χ4n) is 2.43. The first-order chi connectivity index (χ1) is 9.78. The van der Waals surface area contributed by atoms with E-state index in [1.54, 1.807) is 0 Å². The molecule has 0 aliphatic carbocycles. The third kappa shape index (κ3) is 3.17. The molecule has 0 aromatic heterocycles. The summed E-state index contributed by atoms with van der Waals surface area (Å²) in [6, 6.07) is 3.83. The lowest BCUT2D eigenvalue weighted by Gasteiger charge is -2.35. The largest absolute Gasteiger partial charge is 0.416 e. The fourth-order valence-corrected chi connectivity index (χ4v) is 2.43. The van der Waals surface area contributed by atoms with Crippen molar-refractivity contribution >= 4 is 0 Å². The normalized spacial score (nSPS) is 19.8. The number of nitriles is 1. The first kappa shape index (κ1) is 15.7. The summed E-state index contributed by atoms with van der Waals surface area (Å²) in [7, 11) is 0. The van der Waals surface area contributed by atoms with Gasteiger partial charge in [-0.3, -0.25) is 0 Å². The van der Waals surface area contributed by atoms with Crippen molar-refractivity contribution in [2.75, 3.05) is 13.2 Å². The predicted molar refractivity (Wildman–Crippen MR) is 64.5 cm³/mol. The van der Waals surface area contributed by atoms with Gasteiger partial charge >= 0.3 is 6.18 Å². The predicted octanol–water partition coefficient (Wildman–Crippen LogP) is 3.20. The van der Waals surface area contributed by atoms with Crippen LogP contribution in [-0.4, -0.2) is 18.3 Å². The first-order valence-electron chi connectivity index (χ1n) is 6.33. The van der Waals surface area contributed by atoms with Gasteiger partial charge in [0.05, 0.1) is 23.2 Å². The van der Waals surface area contributed by atoms with Crippen LogP contribution < -0.4 is 0 Å². The van der Waals surface area contributed by atoms with E-state index >= 15 is 0 Å². The SMILES string of the molecule is N#CC1(C(O)c2cc(F)cc(C(F)(F)F)c2)CCOCC1. The number of hydrogen-bond donors (Lipinski definition) is 1. The molecule has 1 aromatic carbocycles. The van der Waals surface area contributed by atoms with Crippen LogP contribution in [0.4, 0.5) is 17.6 Å². The average Bonchev–Trinajstić information content (AvgIpc) is 2.45. The lowest BCUT2D eigenvalue weighted by molar-refractivity contribution is -0.138. The maximum absolute atomic E-state index is 13.4. The van der Waals surface area contributed by atoms with Crippen LogP contribution in [0, 0.1) is 22.6 Å². The topological polar surface area (TPSA) is 53.2 Å². The molecule has 114 valence electrons. The molecule has 1 heterocycles. The van der Waals surface area contributed by atoms with E-state index in [0.29, 0.717) is 12.1 Å². The number of rotatable bonds is 2. The quantitative estimate of drug-likeness (QED) is 0.854. The molecule has 1 aliphatic rings. The molecule has 1 unspecified atom stereocenters. The minimum Gasteiger partial charge on any atom is -0.387 e. The Labute approximate surface area is 118 Å². The summed E-state index contributed by atoms with van der Waals surface area (Å²) < 4.78 is 56.6. The van der Waals surface area contributed by atoms with Gasteiger partial charge in [0.15, 0.2) is 0 Å². The Bertz CT molecular complexity index is 559.